The third-order valence-electron chi connectivity index (χ3n) is 5.06. The summed E-state index contributed by atoms with van der Waals surface area (Å²) >= 11 is 1.77. The number of anilines is 2. The molecule has 3 aromatic rings. The molecule has 0 bridgehead atoms. The molecule has 1 aliphatic carbocycles. The Bertz CT molecular complexity index is 963. The van der Waals surface area contributed by atoms with E-state index in [0.29, 0.717) is 13.2 Å². The van der Waals surface area contributed by atoms with E-state index in [2.05, 4.69) is 50.9 Å². The van der Waals surface area contributed by atoms with E-state index in [-0.39, 0.29) is 0 Å². The molecule has 1 fully saturated rings. The standard InChI is InChI=1S/C18H21N5OS/c1-10-17(19-15-6-13(7-22(15)3)12-4-5-12)14-8-24-9-16-21-20-11(2)23(16)18(14)25-10/h6-7,12,19H,4-5,8-9H2,1-3H3. The number of nitrogens with zero attached hydrogens (tertiary/aromatic N) is 4. The Morgan fingerprint density at radius 3 is 2.88 bits per heavy atom. The van der Waals surface area contributed by atoms with Crippen molar-refractivity contribution in [3.05, 3.63) is 39.9 Å². The molecule has 1 aliphatic heterocycles. The van der Waals surface area contributed by atoms with Crippen LogP contribution in [0.1, 0.15) is 46.4 Å². The molecule has 0 atom stereocenters. The van der Waals surface area contributed by atoms with E-state index in [4.69, 9.17) is 4.74 Å². The summed E-state index contributed by atoms with van der Waals surface area (Å²) in [7, 11) is 2.10. The predicted molar refractivity (Wildman–Crippen MR) is 97.9 cm³/mol. The molecule has 0 amide bonds. The lowest BCUT2D eigenvalue weighted by molar-refractivity contribution is 0.105. The van der Waals surface area contributed by atoms with Crippen molar-refractivity contribution in [1.82, 2.24) is 19.3 Å². The van der Waals surface area contributed by atoms with Gasteiger partial charge in [0.1, 0.15) is 23.3 Å². The highest BCUT2D eigenvalue weighted by Gasteiger charge is 2.27. The van der Waals surface area contributed by atoms with Gasteiger partial charge in [0.05, 0.1) is 12.3 Å². The number of ether oxygens (including phenoxy) is 1. The summed E-state index contributed by atoms with van der Waals surface area (Å²) in [5.41, 5.74) is 3.79. The fraction of sp³-hybridized carbons (Fsp3) is 0.444. The third kappa shape index (κ3) is 2.41. The van der Waals surface area contributed by atoms with Crippen molar-refractivity contribution in [3.63, 3.8) is 0 Å². The maximum atomic E-state index is 5.87. The molecule has 0 saturated heterocycles. The van der Waals surface area contributed by atoms with Gasteiger partial charge in [0, 0.05) is 23.7 Å². The van der Waals surface area contributed by atoms with E-state index in [9.17, 15) is 0 Å². The van der Waals surface area contributed by atoms with Crippen LogP contribution in [0.3, 0.4) is 0 Å². The summed E-state index contributed by atoms with van der Waals surface area (Å²) in [4.78, 5) is 1.25. The molecule has 0 unspecified atom stereocenters. The number of hydrogen-bond acceptors (Lipinski definition) is 5. The van der Waals surface area contributed by atoms with Gasteiger partial charge in [0.2, 0.25) is 0 Å². The van der Waals surface area contributed by atoms with E-state index in [1.54, 1.807) is 11.3 Å². The molecule has 4 heterocycles. The van der Waals surface area contributed by atoms with Gasteiger partial charge in [0.15, 0.2) is 5.82 Å². The molecule has 25 heavy (non-hydrogen) atoms. The lowest BCUT2D eigenvalue weighted by Gasteiger charge is -2.10. The molecule has 3 aromatic heterocycles. The van der Waals surface area contributed by atoms with Crippen LogP contribution >= 0.6 is 11.3 Å². The van der Waals surface area contributed by atoms with Crippen LogP contribution in [-0.2, 0) is 25.0 Å². The van der Waals surface area contributed by atoms with E-state index in [1.807, 2.05) is 6.92 Å². The number of rotatable bonds is 3. The Kier molecular flexibility index (Phi) is 3.30. The molecule has 5 rings (SSSR count). The second kappa shape index (κ2) is 5.44. The lowest BCUT2D eigenvalue weighted by Crippen LogP contribution is -2.02. The fourth-order valence-electron chi connectivity index (χ4n) is 3.55. The van der Waals surface area contributed by atoms with Crippen molar-refractivity contribution in [2.24, 2.45) is 7.05 Å². The van der Waals surface area contributed by atoms with Crippen LogP contribution in [0.15, 0.2) is 12.3 Å². The Morgan fingerprint density at radius 2 is 2.08 bits per heavy atom. The van der Waals surface area contributed by atoms with E-state index >= 15 is 0 Å². The van der Waals surface area contributed by atoms with E-state index < -0.39 is 0 Å². The first-order chi connectivity index (χ1) is 12.1. The van der Waals surface area contributed by atoms with Crippen LogP contribution in [0, 0.1) is 13.8 Å². The largest absolute Gasteiger partial charge is 0.369 e. The molecule has 7 heteroatoms. The number of nitrogens with one attached hydrogen (secondary N) is 1. The number of fused-ring (bicyclic) bond motifs is 3. The van der Waals surface area contributed by atoms with Crippen molar-refractivity contribution in [1.29, 1.82) is 0 Å². The average molecular weight is 355 g/mol. The normalized spacial score (nSPS) is 16.4. The number of thiophene rings is 1. The minimum atomic E-state index is 0.497. The molecule has 1 N–H and O–H groups in total. The number of aryl methyl sites for hydroxylation is 3. The van der Waals surface area contributed by atoms with Crippen molar-refractivity contribution >= 4 is 22.8 Å². The Balaban J connectivity index is 1.57. The van der Waals surface area contributed by atoms with E-state index in [0.717, 1.165) is 29.1 Å². The van der Waals surface area contributed by atoms with Crippen LogP contribution in [0.5, 0.6) is 0 Å². The maximum absolute atomic E-state index is 5.87. The molecule has 130 valence electrons. The zero-order valence-corrected chi connectivity index (χ0v) is 15.5. The Hall–Kier alpha value is -2.12. The maximum Gasteiger partial charge on any atom is 0.164 e. The zero-order chi connectivity index (χ0) is 17.1. The quantitative estimate of drug-likeness (QED) is 0.773. The van der Waals surface area contributed by atoms with Gasteiger partial charge in [0.25, 0.3) is 0 Å². The van der Waals surface area contributed by atoms with Crippen molar-refractivity contribution in [2.45, 2.75) is 45.8 Å². The van der Waals surface area contributed by atoms with Crippen molar-refractivity contribution in [2.75, 3.05) is 5.32 Å². The fourth-order valence-corrected chi connectivity index (χ4v) is 4.72. The summed E-state index contributed by atoms with van der Waals surface area (Å²) in [5.74, 6) is 3.67. The molecule has 0 aromatic carbocycles. The number of hydrogen-bond donors (Lipinski definition) is 1. The molecule has 2 aliphatic rings. The third-order valence-corrected chi connectivity index (χ3v) is 6.19. The van der Waals surface area contributed by atoms with Gasteiger partial charge in [-0.1, -0.05) is 0 Å². The lowest BCUT2D eigenvalue weighted by atomic mass is 10.2. The highest BCUT2D eigenvalue weighted by molar-refractivity contribution is 7.15. The van der Waals surface area contributed by atoms with Gasteiger partial charge < -0.3 is 14.6 Å². The van der Waals surface area contributed by atoms with Gasteiger partial charge in [-0.05, 0) is 44.2 Å². The van der Waals surface area contributed by atoms with Gasteiger partial charge in [-0.25, -0.2) is 0 Å². The average Bonchev–Trinajstić information content (AvgIpc) is 3.24. The topological polar surface area (TPSA) is 56.9 Å². The Labute approximate surface area is 150 Å². The summed E-state index contributed by atoms with van der Waals surface area (Å²) in [6.45, 7) is 5.24. The molecule has 1 saturated carbocycles. The molecule has 0 radical (unpaired) electrons. The highest BCUT2D eigenvalue weighted by atomic mass is 32.1. The van der Waals surface area contributed by atoms with Gasteiger partial charge in [-0.15, -0.1) is 21.5 Å². The SMILES string of the molecule is Cc1sc2c(c1Nc1cc(C3CC3)cn1C)COCc1nnc(C)n1-2. The highest BCUT2D eigenvalue weighted by Crippen LogP contribution is 2.43. The first-order valence-electron chi connectivity index (χ1n) is 8.66. The smallest absolute Gasteiger partial charge is 0.164 e. The van der Waals surface area contributed by atoms with Crippen LogP contribution < -0.4 is 5.32 Å². The minimum Gasteiger partial charge on any atom is -0.369 e. The first-order valence-corrected chi connectivity index (χ1v) is 9.48. The van der Waals surface area contributed by atoms with Crippen LogP contribution in [-0.4, -0.2) is 19.3 Å². The number of aromatic nitrogens is 4. The monoisotopic (exact) mass is 355 g/mol. The van der Waals surface area contributed by atoms with Crippen molar-refractivity contribution < 1.29 is 4.74 Å². The second-order valence-corrected chi connectivity index (χ2v) is 8.18. The van der Waals surface area contributed by atoms with Crippen LogP contribution in [0.25, 0.3) is 5.00 Å². The summed E-state index contributed by atoms with van der Waals surface area (Å²) in [6, 6.07) is 2.29. The molecule has 6 nitrogen and oxygen atoms in total. The summed E-state index contributed by atoms with van der Waals surface area (Å²) < 4.78 is 10.2. The molecular weight excluding hydrogens is 334 g/mol. The predicted octanol–water partition coefficient (Wildman–Crippen LogP) is 3.94. The molecular formula is C18H21N5OS. The van der Waals surface area contributed by atoms with Crippen LogP contribution in [0.2, 0.25) is 0 Å². The minimum absolute atomic E-state index is 0.497. The molecule has 0 spiro atoms. The van der Waals surface area contributed by atoms with Gasteiger partial charge in [-0.3, -0.25) is 4.57 Å². The zero-order valence-electron chi connectivity index (χ0n) is 14.7. The van der Waals surface area contributed by atoms with Gasteiger partial charge >= 0.3 is 0 Å². The summed E-state index contributed by atoms with van der Waals surface area (Å²) in [5, 5.41) is 13.3. The van der Waals surface area contributed by atoms with Gasteiger partial charge in [-0.2, -0.15) is 0 Å². The summed E-state index contributed by atoms with van der Waals surface area (Å²) in [6.07, 6.45) is 4.89. The second-order valence-electron chi connectivity index (χ2n) is 6.98. The van der Waals surface area contributed by atoms with E-state index in [1.165, 1.54) is 33.8 Å². The first kappa shape index (κ1) is 15.2. The van der Waals surface area contributed by atoms with Crippen molar-refractivity contribution in [3.8, 4) is 5.00 Å². The van der Waals surface area contributed by atoms with Crippen LogP contribution in [0.4, 0.5) is 11.5 Å². The Morgan fingerprint density at radius 1 is 1.24 bits per heavy atom.